The maximum absolute atomic E-state index is 12.5. The van der Waals surface area contributed by atoms with E-state index < -0.39 is 0 Å². The third-order valence-electron chi connectivity index (χ3n) is 5.07. The van der Waals surface area contributed by atoms with Crippen LogP contribution in [0.4, 0.5) is 5.69 Å². The fourth-order valence-corrected chi connectivity index (χ4v) is 4.06. The second kappa shape index (κ2) is 5.30. The first kappa shape index (κ1) is 14.1. The molecule has 3 amide bonds. The summed E-state index contributed by atoms with van der Waals surface area (Å²) in [5.74, 6) is -0.419. The average Bonchev–Trinajstić information content (AvgIpc) is 3.22. The van der Waals surface area contributed by atoms with Gasteiger partial charge in [-0.25, -0.2) is 0 Å². The highest BCUT2D eigenvalue weighted by atomic mass is 16.2. The molecule has 4 rings (SSSR count). The lowest BCUT2D eigenvalue weighted by Gasteiger charge is -2.16. The van der Waals surface area contributed by atoms with E-state index in [1.807, 2.05) is 0 Å². The molecule has 1 saturated carbocycles. The molecule has 2 aliphatic carbocycles. The lowest BCUT2D eigenvalue weighted by atomic mass is 9.85. The summed E-state index contributed by atoms with van der Waals surface area (Å²) >= 11 is 0. The summed E-state index contributed by atoms with van der Waals surface area (Å²) in [6.07, 6.45) is 8.33. The van der Waals surface area contributed by atoms with Crippen LogP contribution in [-0.4, -0.2) is 34.2 Å². The second-order valence-electron chi connectivity index (χ2n) is 6.37. The minimum absolute atomic E-state index is 0.106. The highest BCUT2D eigenvalue weighted by Crippen LogP contribution is 2.52. The number of hydrogen-bond acceptors (Lipinski definition) is 4. The van der Waals surface area contributed by atoms with Gasteiger partial charge < -0.3 is 5.32 Å². The number of pyridine rings is 1. The molecule has 1 aromatic rings. The lowest BCUT2D eigenvalue weighted by molar-refractivity contribution is -0.140. The van der Waals surface area contributed by atoms with Crippen molar-refractivity contribution in [2.45, 2.75) is 12.8 Å². The number of carbonyl (C=O) groups is 3. The van der Waals surface area contributed by atoms with Crippen molar-refractivity contribution < 1.29 is 14.4 Å². The molecule has 3 aliphatic rings. The Labute approximate surface area is 133 Å². The molecule has 1 aliphatic heterocycles. The van der Waals surface area contributed by atoms with Crippen molar-refractivity contribution in [3.8, 4) is 0 Å². The smallest absolute Gasteiger partial charge is 0.233 e. The van der Waals surface area contributed by atoms with E-state index >= 15 is 0 Å². The minimum atomic E-state index is -0.225. The van der Waals surface area contributed by atoms with Gasteiger partial charge in [-0.15, -0.1) is 0 Å². The summed E-state index contributed by atoms with van der Waals surface area (Å²) in [6.45, 7) is 0.149. The molecule has 1 saturated heterocycles. The maximum atomic E-state index is 12.5. The van der Waals surface area contributed by atoms with Crippen LogP contribution in [-0.2, 0) is 14.4 Å². The van der Waals surface area contributed by atoms with Crippen LogP contribution in [0.1, 0.15) is 12.8 Å². The van der Waals surface area contributed by atoms with Crippen LogP contribution >= 0.6 is 0 Å². The Morgan fingerprint density at radius 1 is 1.22 bits per heavy atom. The third kappa shape index (κ3) is 2.25. The lowest BCUT2D eigenvalue weighted by Crippen LogP contribution is -2.35. The van der Waals surface area contributed by atoms with Crippen molar-refractivity contribution >= 4 is 23.4 Å². The zero-order valence-corrected chi connectivity index (χ0v) is 12.5. The van der Waals surface area contributed by atoms with Gasteiger partial charge in [0, 0.05) is 19.2 Å². The zero-order chi connectivity index (χ0) is 16.0. The van der Waals surface area contributed by atoms with E-state index in [9.17, 15) is 14.4 Å². The Morgan fingerprint density at radius 3 is 2.52 bits per heavy atom. The highest BCUT2D eigenvalue weighted by molar-refractivity contribution is 6.06. The summed E-state index contributed by atoms with van der Waals surface area (Å²) in [6, 6.07) is 3.47. The van der Waals surface area contributed by atoms with Crippen LogP contribution in [0.5, 0.6) is 0 Å². The van der Waals surface area contributed by atoms with Gasteiger partial charge in [-0.3, -0.25) is 24.3 Å². The summed E-state index contributed by atoms with van der Waals surface area (Å²) < 4.78 is 0. The van der Waals surface area contributed by atoms with Crippen LogP contribution in [0, 0.1) is 23.7 Å². The van der Waals surface area contributed by atoms with Gasteiger partial charge in [-0.1, -0.05) is 12.2 Å². The predicted molar refractivity (Wildman–Crippen MR) is 81.9 cm³/mol. The van der Waals surface area contributed by atoms with Gasteiger partial charge in [-0.2, -0.15) is 0 Å². The number of nitrogens with one attached hydrogen (secondary N) is 1. The molecule has 0 spiro atoms. The first-order chi connectivity index (χ1) is 11.1. The molecule has 23 heavy (non-hydrogen) atoms. The molecule has 2 bridgehead atoms. The SMILES string of the molecule is O=C(CCN1C(=O)[C@@H]2[C@@H](C1=O)[C@H]1C=C[C@H]2C1)Nc1cccnc1. The molecule has 6 nitrogen and oxygen atoms in total. The van der Waals surface area contributed by atoms with Crippen molar-refractivity contribution in [2.75, 3.05) is 11.9 Å². The number of carbonyl (C=O) groups excluding carboxylic acids is 3. The molecule has 0 unspecified atom stereocenters. The average molecular weight is 311 g/mol. The van der Waals surface area contributed by atoms with E-state index in [-0.39, 0.29) is 54.4 Å². The van der Waals surface area contributed by atoms with Crippen LogP contribution in [0.15, 0.2) is 36.7 Å². The number of aromatic nitrogens is 1. The van der Waals surface area contributed by atoms with Gasteiger partial charge in [0.2, 0.25) is 17.7 Å². The first-order valence-electron chi connectivity index (χ1n) is 7.88. The second-order valence-corrected chi connectivity index (χ2v) is 6.37. The highest BCUT2D eigenvalue weighted by Gasteiger charge is 2.58. The molecule has 0 aromatic carbocycles. The topological polar surface area (TPSA) is 79.4 Å². The quantitative estimate of drug-likeness (QED) is 0.670. The molecule has 2 heterocycles. The number of hydrogen-bond donors (Lipinski definition) is 1. The summed E-state index contributed by atoms with van der Waals surface area (Å²) in [5.41, 5.74) is 0.607. The van der Waals surface area contributed by atoms with Gasteiger partial charge >= 0.3 is 0 Å². The molecular weight excluding hydrogens is 294 g/mol. The van der Waals surface area contributed by atoms with Crippen molar-refractivity contribution in [2.24, 2.45) is 23.7 Å². The van der Waals surface area contributed by atoms with Crippen LogP contribution in [0.3, 0.4) is 0 Å². The number of allylic oxidation sites excluding steroid dienone is 2. The normalized spacial score (nSPS) is 30.9. The molecule has 0 radical (unpaired) electrons. The molecule has 1 aromatic heterocycles. The summed E-state index contributed by atoms with van der Waals surface area (Å²) in [7, 11) is 0. The number of anilines is 1. The number of imide groups is 1. The molecular formula is C17H17N3O3. The van der Waals surface area contributed by atoms with E-state index in [1.165, 1.54) is 4.90 Å². The minimum Gasteiger partial charge on any atom is -0.325 e. The van der Waals surface area contributed by atoms with E-state index in [4.69, 9.17) is 0 Å². The van der Waals surface area contributed by atoms with Crippen molar-refractivity contribution in [1.29, 1.82) is 0 Å². The molecule has 118 valence electrons. The predicted octanol–water partition coefficient (Wildman–Crippen LogP) is 1.22. The van der Waals surface area contributed by atoms with Crippen molar-refractivity contribution in [3.63, 3.8) is 0 Å². The van der Waals surface area contributed by atoms with E-state index in [2.05, 4.69) is 22.5 Å². The fraction of sp³-hybridized carbons (Fsp3) is 0.412. The Hall–Kier alpha value is -2.50. The number of rotatable bonds is 4. The van der Waals surface area contributed by atoms with Crippen LogP contribution < -0.4 is 5.32 Å². The summed E-state index contributed by atoms with van der Waals surface area (Å²) in [5, 5.41) is 2.71. The van der Waals surface area contributed by atoms with Gasteiger partial charge in [0.15, 0.2) is 0 Å². The summed E-state index contributed by atoms with van der Waals surface area (Å²) in [4.78, 5) is 42.1. The number of fused-ring (bicyclic) bond motifs is 5. The Kier molecular flexibility index (Phi) is 3.25. The molecule has 1 N–H and O–H groups in total. The first-order valence-corrected chi connectivity index (χ1v) is 7.88. The molecule has 6 heteroatoms. The van der Waals surface area contributed by atoms with Crippen LogP contribution in [0.25, 0.3) is 0 Å². The van der Waals surface area contributed by atoms with E-state index in [1.54, 1.807) is 24.5 Å². The standard InChI is InChI=1S/C17H17N3O3/c21-13(19-12-2-1-6-18-9-12)5-7-20-16(22)14-10-3-4-11(8-10)15(14)17(20)23/h1-4,6,9-11,14-15H,5,7-8H2,(H,19,21)/t10-,11-,14-,15-/m0/s1. The van der Waals surface area contributed by atoms with Crippen molar-refractivity contribution in [3.05, 3.63) is 36.7 Å². The Bertz CT molecular complexity index is 670. The van der Waals surface area contributed by atoms with E-state index in [0.717, 1.165) is 6.42 Å². The van der Waals surface area contributed by atoms with E-state index in [0.29, 0.717) is 5.69 Å². The fourth-order valence-electron chi connectivity index (χ4n) is 4.06. The monoisotopic (exact) mass is 311 g/mol. The molecule has 4 atom stereocenters. The Morgan fingerprint density at radius 2 is 1.91 bits per heavy atom. The Balaban J connectivity index is 1.38. The maximum Gasteiger partial charge on any atom is 0.233 e. The third-order valence-corrected chi connectivity index (χ3v) is 5.07. The van der Waals surface area contributed by atoms with Gasteiger partial charge in [-0.05, 0) is 30.4 Å². The van der Waals surface area contributed by atoms with Crippen LogP contribution in [0.2, 0.25) is 0 Å². The number of nitrogens with zero attached hydrogens (tertiary/aromatic N) is 2. The van der Waals surface area contributed by atoms with Crippen molar-refractivity contribution in [1.82, 2.24) is 9.88 Å². The largest absolute Gasteiger partial charge is 0.325 e. The zero-order valence-electron chi connectivity index (χ0n) is 12.5. The number of amides is 3. The van der Waals surface area contributed by atoms with Gasteiger partial charge in [0.1, 0.15) is 0 Å². The van der Waals surface area contributed by atoms with Gasteiger partial charge in [0.25, 0.3) is 0 Å². The number of likely N-dealkylation sites (tertiary alicyclic amines) is 1. The molecule has 2 fully saturated rings. The van der Waals surface area contributed by atoms with Gasteiger partial charge in [0.05, 0.1) is 23.7 Å².